The maximum Gasteiger partial charge on any atom is 0.238 e. The van der Waals surface area contributed by atoms with Crippen molar-refractivity contribution in [2.45, 2.75) is 19.8 Å². The number of nitrogens with zero attached hydrogens (tertiary/aromatic N) is 2. The molecule has 0 saturated carbocycles. The van der Waals surface area contributed by atoms with Crippen LogP contribution in [0.15, 0.2) is 42.5 Å². The van der Waals surface area contributed by atoms with Gasteiger partial charge in [0.2, 0.25) is 5.91 Å². The molecule has 0 aromatic heterocycles. The summed E-state index contributed by atoms with van der Waals surface area (Å²) in [5.41, 5.74) is -0.755. The van der Waals surface area contributed by atoms with Crippen molar-refractivity contribution >= 4 is 11.6 Å². The van der Waals surface area contributed by atoms with Crippen molar-refractivity contribution < 1.29 is 30.3 Å². The molecule has 0 aliphatic carbocycles. The first-order chi connectivity index (χ1) is 18.1. The molecule has 2 N–H and O–H groups in total. The lowest BCUT2D eigenvalue weighted by atomic mass is 10.1. The number of carbonyl (C=O) groups is 1. The van der Waals surface area contributed by atoms with Gasteiger partial charge in [-0.05, 0) is 37.0 Å². The number of ether oxygens (including phenoxy) is 2. The predicted molar refractivity (Wildman–Crippen MR) is 122 cm³/mol. The molecule has 0 radical (unpaired) electrons. The lowest BCUT2D eigenvalue weighted by molar-refractivity contribution is -0.117. The highest BCUT2D eigenvalue weighted by molar-refractivity contribution is 5.93. The van der Waals surface area contributed by atoms with E-state index in [0.29, 0.717) is 24.6 Å². The van der Waals surface area contributed by atoms with E-state index in [1.807, 2.05) is 0 Å². The van der Waals surface area contributed by atoms with Crippen molar-refractivity contribution in [1.29, 1.82) is 0 Å². The minimum absolute atomic E-state index is 0.147. The first-order valence-corrected chi connectivity index (χ1v) is 9.99. The number of aliphatic hydroxyl groups excluding tert-OH is 1. The minimum Gasteiger partial charge on any atom is -0.493 e. The van der Waals surface area contributed by atoms with E-state index in [1.165, 1.54) is 30.2 Å². The normalized spacial score (nSPS) is 21.1. The second-order valence-corrected chi connectivity index (χ2v) is 7.15. The molecule has 1 aliphatic heterocycles. The first-order valence-electron chi connectivity index (χ1n) is 14.0. The summed E-state index contributed by atoms with van der Waals surface area (Å²) in [4.78, 5) is 16.0. The Balaban J connectivity index is 1.59. The fourth-order valence-corrected chi connectivity index (χ4v) is 3.26. The highest BCUT2D eigenvalue weighted by Gasteiger charge is 2.21. The topological polar surface area (TPSA) is 74.3 Å². The average Bonchev–Trinajstić information content (AvgIpc) is 2.86. The van der Waals surface area contributed by atoms with E-state index in [9.17, 15) is 9.90 Å². The molecule has 1 unspecified atom stereocenters. The van der Waals surface area contributed by atoms with Crippen LogP contribution >= 0.6 is 0 Å². The van der Waals surface area contributed by atoms with E-state index in [2.05, 4.69) is 5.32 Å². The van der Waals surface area contributed by atoms with Gasteiger partial charge in [-0.2, -0.15) is 0 Å². The molecule has 1 saturated heterocycles. The molecule has 1 aliphatic rings. The summed E-state index contributed by atoms with van der Waals surface area (Å²) in [6, 6.07) is 10.7. The van der Waals surface area contributed by atoms with Gasteiger partial charge in [-0.3, -0.25) is 14.6 Å². The number of para-hydroxylation sites is 3. The Bertz CT molecular complexity index is 1100. The van der Waals surface area contributed by atoms with Crippen molar-refractivity contribution in [3.8, 4) is 11.5 Å². The third kappa shape index (κ3) is 6.69. The molecule has 3 rings (SSSR count). The Morgan fingerprint density at radius 1 is 1.10 bits per heavy atom. The number of amides is 1. The van der Waals surface area contributed by atoms with Crippen LogP contribution in [0.3, 0.4) is 0 Å². The molecule has 0 bridgehead atoms. The van der Waals surface area contributed by atoms with Gasteiger partial charge in [-0.15, -0.1) is 0 Å². The molecule has 168 valence electrons. The molecule has 7 nitrogen and oxygen atoms in total. The van der Waals surface area contributed by atoms with Crippen LogP contribution in [0.5, 0.6) is 11.5 Å². The quantitative estimate of drug-likeness (QED) is 0.630. The molecule has 2 aromatic carbocycles. The summed E-state index contributed by atoms with van der Waals surface area (Å²) >= 11 is 0. The van der Waals surface area contributed by atoms with Crippen LogP contribution < -0.4 is 14.8 Å². The Kier molecular flexibility index (Phi) is 5.19. The van der Waals surface area contributed by atoms with E-state index in [1.54, 1.807) is 29.2 Å². The summed E-state index contributed by atoms with van der Waals surface area (Å²) in [5, 5.41) is 13.0. The number of nitrogens with one attached hydrogen (secondary N) is 1. The van der Waals surface area contributed by atoms with Crippen molar-refractivity contribution in [3.05, 3.63) is 53.6 Å². The van der Waals surface area contributed by atoms with Crippen molar-refractivity contribution in [1.82, 2.24) is 9.80 Å². The van der Waals surface area contributed by atoms with Crippen LogP contribution in [0.2, 0.25) is 0 Å². The number of methoxy groups -OCH3 is 1. The highest BCUT2D eigenvalue weighted by atomic mass is 16.5. The van der Waals surface area contributed by atoms with Gasteiger partial charge in [0.05, 0.1) is 13.7 Å². The van der Waals surface area contributed by atoms with Crippen LogP contribution in [0.1, 0.15) is 22.1 Å². The zero-order valence-electron chi connectivity index (χ0n) is 25.4. The second-order valence-electron chi connectivity index (χ2n) is 7.15. The van der Waals surface area contributed by atoms with Crippen LogP contribution in [-0.2, 0) is 4.79 Å². The smallest absolute Gasteiger partial charge is 0.238 e. The average molecular weight is 436 g/mol. The molecule has 7 heteroatoms. The zero-order valence-corrected chi connectivity index (χ0v) is 17.4. The Hall–Kier alpha value is -2.61. The number of carbonyl (C=O) groups excluding carboxylic acids is 1. The van der Waals surface area contributed by atoms with Crippen LogP contribution in [-0.4, -0.2) is 79.9 Å². The van der Waals surface area contributed by atoms with Crippen LogP contribution in [0.25, 0.3) is 0 Å². The predicted octanol–water partition coefficient (Wildman–Crippen LogP) is 2.31. The van der Waals surface area contributed by atoms with Gasteiger partial charge in [0, 0.05) is 49.3 Å². The summed E-state index contributed by atoms with van der Waals surface area (Å²) in [7, 11) is 1.48. The third-order valence-electron chi connectivity index (χ3n) is 4.87. The number of hydrogen-bond acceptors (Lipinski definition) is 6. The molecule has 1 amide bonds. The number of rotatable bonds is 9. The van der Waals surface area contributed by atoms with Gasteiger partial charge in [0.15, 0.2) is 11.5 Å². The fourth-order valence-electron chi connectivity index (χ4n) is 3.26. The van der Waals surface area contributed by atoms with Crippen molar-refractivity contribution in [3.63, 3.8) is 0 Å². The molecule has 1 atom stereocenters. The van der Waals surface area contributed by atoms with E-state index >= 15 is 0 Å². The Morgan fingerprint density at radius 2 is 1.74 bits per heavy atom. The van der Waals surface area contributed by atoms with Gasteiger partial charge in [0.1, 0.15) is 12.7 Å². The molecule has 31 heavy (non-hydrogen) atoms. The number of aryl methyl sites for hydroxylation is 2. The molecule has 0 spiro atoms. The summed E-state index contributed by atoms with van der Waals surface area (Å²) in [6.45, 7) is -6.81. The third-order valence-corrected chi connectivity index (χ3v) is 4.87. The van der Waals surface area contributed by atoms with Gasteiger partial charge in [-0.1, -0.05) is 30.3 Å². The molecule has 1 fully saturated rings. The Labute approximate surface area is 195 Å². The van der Waals surface area contributed by atoms with Gasteiger partial charge in [0.25, 0.3) is 0 Å². The summed E-state index contributed by atoms with van der Waals surface area (Å²) in [6.07, 6.45) is -1.47. The molecule has 2 aromatic rings. The maximum atomic E-state index is 12.8. The van der Waals surface area contributed by atoms with Gasteiger partial charge < -0.3 is 19.9 Å². The van der Waals surface area contributed by atoms with E-state index in [-0.39, 0.29) is 43.1 Å². The SMILES string of the molecule is [2H]C([2H])([2H])c1cccc(C([2H])([2H])[2H])c1NC(=O)CN1CCN(C([2H])([2H])C(O)COc2ccccc2OC)CC1. The highest BCUT2D eigenvalue weighted by Crippen LogP contribution is 2.25. The van der Waals surface area contributed by atoms with Gasteiger partial charge >= 0.3 is 0 Å². The monoisotopic (exact) mass is 435 g/mol. The molecular formula is C24H33N3O4. The summed E-state index contributed by atoms with van der Waals surface area (Å²) in [5.74, 6) is 0.260. The molecule has 1 heterocycles. The van der Waals surface area contributed by atoms with E-state index in [4.69, 9.17) is 20.4 Å². The molecular weight excluding hydrogens is 394 g/mol. The van der Waals surface area contributed by atoms with Crippen molar-refractivity contribution in [2.24, 2.45) is 0 Å². The Morgan fingerprint density at radius 3 is 2.39 bits per heavy atom. The fraction of sp³-hybridized carbons (Fsp3) is 0.458. The zero-order chi connectivity index (χ0) is 29.0. The number of anilines is 1. The largest absolute Gasteiger partial charge is 0.493 e. The van der Waals surface area contributed by atoms with Gasteiger partial charge in [-0.25, -0.2) is 0 Å². The number of piperazine rings is 1. The van der Waals surface area contributed by atoms with Crippen LogP contribution in [0, 0.1) is 13.7 Å². The minimum atomic E-state index is -2.63. The van der Waals surface area contributed by atoms with E-state index < -0.39 is 32.2 Å². The lowest BCUT2D eigenvalue weighted by Crippen LogP contribution is -2.50. The standard InChI is InChI=1S/C24H33N3O4/c1-18-7-6-8-19(2)24(18)25-23(29)16-27-13-11-26(12-14-27)15-20(28)17-31-22-10-5-4-9-21(22)30-3/h4-10,20,28H,11-17H2,1-3H3,(H,25,29)/i1D3,2D3,15D2. The maximum absolute atomic E-state index is 12.8. The summed E-state index contributed by atoms with van der Waals surface area (Å²) < 4.78 is 74.1. The lowest BCUT2D eigenvalue weighted by Gasteiger charge is -2.35. The number of aliphatic hydroxyl groups is 1. The first kappa shape index (κ1) is 14.5. The van der Waals surface area contributed by atoms with Crippen molar-refractivity contribution in [2.75, 3.05) is 58.3 Å². The number of hydrogen-bond donors (Lipinski definition) is 2. The van der Waals surface area contributed by atoms with Crippen LogP contribution in [0.4, 0.5) is 5.69 Å². The second kappa shape index (κ2) is 11.1. The number of benzene rings is 2. The number of β-amino-alcohol motifs (C(OH)–C–C–N with tert-alkyl or cyclic N) is 1. The van der Waals surface area contributed by atoms with E-state index in [0.717, 1.165) is 0 Å².